The number of esters is 1. The molecule has 2 heterocycles. The van der Waals surface area contributed by atoms with E-state index >= 15 is 0 Å². The van der Waals surface area contributed by atoms with Crippen molar-refractivity contribution in [1.29, 1.82) is 0 Å². The lowest BCUT2D eigenvalue weighted by atomic mass is 9.98. The molecule has 0 saturated carbocycles. The predicted octanol–water partition coefficient (Wildman–Crippen LogP) is 10.7. The number of rotatable bonds is 46. The highest BCUT2D eigenvalue weighted by Crippen LogP contribution is 2.26. The molecule has 7 N–H and O–H groups in total. The molecule has 2 rings (SSSR count). The lowest BCUT2D eigenvalue weighted by Gasteiger charge is -2.42. The van der Waals surface area contributed by atoms with E-state index in [2.05, 4.69) is 123 Å². The van der Waals surface area contributed by atoms with Crippen molar-refractivity contribution in [1.82, 2.24) is 0 Å². The Morgan fingerprint density at radius 1 is 0.442 bits per heavy atom. The fourth-order valence-corrected chi connectivity index (χ4v) is 8.53. The molecule has 0 bridgehead atoms. The van der Waals surface area contributed by atoms with E-state index in [0.717, 1.165) is 109 Å². The first-order chi connectivity index (χ1) is 37.6. The van der Waals surface area contributed by atoms with E-state index in [-0.39, 0.29) is 19.6 Å². The SMILES string of the molecule is CC/C=C\C/C=C\C/C=C\C/C=C\C/C=C\C/C=C\CCCCCCC(=O)OC(COCCCCCCCCC/C=C\C/C=C\C/C=C\CCCCC)COC1OC(COC2OC(CO)C(O)C(O)C2O)C(O)C(O)C1O. The lowest BCUT2D eigenvalue weighted by Crippen LogP contribution is -2.61. The minimum Gasteiger partial charge on any atom is -0.457 e. The molecular weight excluding hydrogens is 981 g/mol. The highest BCUT2D eigenvalue weighted by molar-refractivity contribution is 5.69. The van der Waals surface area contributed by atoms with Crippen LogP contribution in [0.1, 0.15) is 181 Å². The zero-order valence-electron chi connectivity index (χ0n) is 47.2. The standard InChI is InChI=1S/C63H104O14/c1-3-5-7-9-11-13-15-17-19-21-23-25-26-27-28-30-32-34-36-38-40-42-44-46-55(65)75-52(49-72-47-45-43-41-39-37-35-33-31-29-24-22-20-18-16-14-12-10-8-6-4-2)50-73-62-61(71)59(69)57(67)54(77-62)51-74-63-60(70)58(68)56(66)53(48-64)76-63/h5,7,11-14,17-20,23-25,27-29,32,34,52-54,56-64,66-71H,3-4,6,8-10,15-16,21-22,26,30-31,33,35-51H2,1-2H3/b7-5-,13-11-,14-12-,19-17-,20-18-,25-23-,28-27-,29-24-,34-32-. The van der Waals surface area contributed by atoms with Crippen molar-refractivity contribution >= 4 is 5.97 Å². The van der Waals surface area contributed by atoms with Gasteiger partial charge in [0.2, 0.25) is 0 Å². The number of unbranched alkanes of at least 4 members (excludes halogenated alkanes) is 14. The van der Waals surface area contributed by atoms with Gasteiger partial charge in [-0.15, -0.1) is 0 Å². The molecule has 0 radical (unpaired) electrons. The minimum atomic E-state index is -1.72. The van der Waals surface area contributed by atoms with Crippen LogP contribution in [0.2, 0.25) is 0 Å². The Balaban J connectivity index is 1.74. The van der Waals surface area contributed by atoms with Crippen molar-refractivity contribution in [2.45, 2.75) is 248 Å². The number of hydrogen-bond donors (Lipinski definition) is 7. The summed E-state index contributed by atoms with van der Waals surface area (Å²) in [6, 6.07) is 0. The Labute approximate surface area is 464 Å². The van der Waals surface area contributed by atoms with Crippen molar-refractivity contribution in [2.75, 3.05) is 33.0 Å². The second-order valence-corrected chi connectivity index (χ2v) is 20.1. The molecule has 11 atom stereocenters. The van der Waals surface area contributed by atoms with Crippen LogP contribution in [0.15, 0.2) is 109 Å². The number of ether oxygens (including phenoxy) is 6. The van der Waals surface area contributed by atoms with Gasteiger partial charge in [-0.1, -0.05) is 181 Å². The summed E-state index contributed by atoms with van der Waals surface area (Å²) in [7, 11) is 0. The zero-order chi connectivity index (χ0) is 55.8. The Bertz CT molecular complexity index is 1690. The Morgan fingerprint density at radius 3 is 1.32 bits per heavy atom. The molecule has 77 heavy (non-hydrogen) atoms. The van der Waals surface area contributed by atoms with Gasteiger partial charge >= 0.3 is 5.97 Å². The van der Waals surface area contributed by atoms with Gasteiger partial charge in [-0.05, 0) is 103 Å². The number of hydrogen-bond acceptors (Lipinski definition) is 14. The van der Waals surface area contributed by atoms with Crippen LogP contribution in [0.5, 0.6) is 0 Å². The first kappa shape index (κ1) is 69.8. The molecule has 11 unspecified atom stereocenters. The number of allylic oxidation sites excluding steroid dienone is 18. The van der Waals surface area contributed by atoms with E-state index in [1.807, 2.05) is 0 Å². The average Bonchev–Trinajstić information content (AvgIpc) is 3.43. The van der Waals surface area contributed by atoms with Crippen LogP contribution in [0.25, 0.3) is 0 Å². The molecule has 0 aromatic rings. The Kier molecular flexibility index (Phi) is 44.0. The highest BCUT2D eigenvalue weighted by Gasteiger charge is 2.47. The summed E-state index contributed by atoms with van der Waals surface area (Å²) in [5.41, 5.74) is 0. The topological polar surface area (TPSA) is 214 Å². The van der Waals surface area contributed by atoms with Crippen LogP contribution in [0, 0.1) is 0 Å². The summed E-state index contributed by atoms with van der Waals surface area (Å²) >= 11 is 0. The van der Waals surface area contributed by atoms with Crippen LogP contribution < -0.4 is 0 Å². The lowest BCUT2D eigenvalue weighted by molar-refractivity contribution is -0.332. The normalized spacial score (nSPS) is 25.1. The van der Waals surface area contributed by atoms with E-state index in [1.54, 1.807) is 0 Å². The number of carbonyl (C=O) groups excluding carboxylic acids is 1. The summed E-state index contributed by atoms with van der Waals surface area (Å²) in [6.45, 7) is 3.47. The third-order valence-corrected chi connectivity index (χ3v) is 13.3. The maximum Gasteiger partial charge on any atom is 0.306 e. The molecule has 440 valence electrons. The van der Waals surface area contributed by atoms with Crippen molar-refractivity contribution in [3.8, 4) is 0 Å². The van der Waals surface area contributed by atoms with E-state index in [0.29, 0.717) is 13.0 Å². The molecule has 0 aromatic heterocycles. The molecule has 14 heteroatoms. The quantitative estimate of drug-likeness (QED) is 0.0172. The average molecular weight is 1090 g/mol. The zero-order valence-corrected chi connectivity index (χ0v) is 47.2. The number of aliphatic hydroxyl groups is 7. The second kappa shape index (κ2) is 48.5. The maximum absolute atomic E-state index is 13.1. The van der Waals surface area contributed by atoms with E-state index in [4.69, 9.17) is 28.4 Å². The highest BCUT2D eigenvalue weighted by atomic mass is 16.7. The fourth-order valence-electron chi connectivity index (χ4n) is 8.53. The molecule has 2 aliphatic heterocycles. The maximum atomic E-state index is 13.1. The predicted molar refractivity (Wildman–Crippen MR) is 307 cm³/mol. The Hall–Kier alpha value is -3.35. The number of carbonyl (C=O) groups is 1. The fraction of sp³-hybridized carbons (Fsp3) is 0.698. The van der Waals surface area contributed by atoms with Crippen LogP contribution in [-0.2, 0) is 33.2 Å². The van der Waals surface area contributed by atoms with Crippen molar-refractivity contribution in [3.63, 3.8) is 0 Å². The smallest absolute Gasteiger partial charge is 0.306 e. The molecule has 0 aliphatic carbocycles. The third kappa shape index (κ3) is 35.1. The summed E-state index contributed by atoms with van der Waals surface area (Å²) < 4.78 is 34.4. The molecule has 0 amide bonds. The first-order valence-electron chi connectivity index (χ1n) is 29.5. The molecule has 14 nitrogen and oxygen atoms in total. The number of aliphatic hydroxyl groups excluding tert-OH is 7. The van der Waals surface area contributed by atoms with Crippen molar-refractivity contribution < 1.29 is 69.0 Å². The first-order valence-corrected chi connectivity index (χ1v) is 29.5. The van der Waals surface area contributed by atoms with E-state index in [1.165, 1.54) is 44.9 Å². The molecule has 0 spiro atoms. The molecule has 2 saturated heterocycles. The second-order valence-electron chi connectivity index (χ2n) is 20.1. The summed E-state index contributed by atoms with van der Waals surface area (Å²) in [5.74, 6) is -0.408. The van der Waals surface area contributed by atoms with Gasteiger partial charge in [0.15, 0.2) is 12.6 Å². The van der Waals surface area contributed by atoms with Crippen molar-refractivity contribution in [2.24, 2.45) is 0 Å². The molecular formula is C63H104O14. The van der Waals surface area contributed by atoms with Crippen LogP contribution >= 0.6 is 0 Å². The van der Waals surface area contributed by atoms with E-state index in [9.17, 15) is 40.5 Å². The van der Waals surface area contributed by atoms with Gasteiger partial charge in [-0.3, -0.25) is 4.79 Å². The van der Waals surface area contributed by atoms with Gasteiger partial charge in [0.1, 0.15) is 54.9 Å². The Morgan fingerprint density at radius 2 is 0.844 bits per heavy atom. The monoisotopic (exact) mass is 1080 g/mol. The van der Waals surface area contributed by atoms with Gasteiger partial charge in [0, 0.05) is 13.0 Å². The van der Waals surface area contributed by atoms with Crippen LogP contribution in [0.3, 0.4) is 0 Å². The molecule has 2 aliphatic rings. The summed E-state index contributed by atoms with van der Waals surface area (Å²) in [6.07, 6.45) is 49.9. The summed E-state index contributed by atoms with van der Waals surface area (Å²) in [5, 5.41) is 72.4. The molecule has 0 aromatic carbocycles. The van der Waals surface area contributed by atoms with Crippen molar-refractivity contribution in [3.05, 3.63) is 109 Å². The minimum absolute atomic E-state index is 0.0365. The van der Waals surface area contributed by atoms with E-state index < -0.39 is 86.7 Å². The van der Waals surface area contributed by atoms with Crippen LogP contribution in [-0.4, -0.2) is 142 Å². The van der Waals surface area contributed by atoms with Gasteiger partial charge in [-0.2, -0.15) is 0 Å². The third-order valence-electron chi connectivity index (χ3n) is 13.3. The largest absolute Gasteiger partial charge is 0.457 e. The molecule has 2 fully saturated rings. The van der Waals surface area contributed by atoms with Gasteiger partial charge in [-0.25, -0.2) is 0 Å². The van der Waals surface area contributed by atoms with Crippen LogP contribution in [0.4, 0.5) is 0 Å². The van der Waals surface area contributed by atoms with Gasteiger partial charge in [0.05, 0.1) is 26.4 Å². The summed E-state index contributed by atoms with van der Waals surface area (Å²) in [4.78, 5) is 13.1. The van der Waals surface area contributed by atoms with Gasteiger partial charge < -0.3 is 64.2 Å². The van der Waals surface area contributed by atoms with Gasteiger partial charge in [0.25, 0.3) is 0 Å².